The summed E-state index contributed by atoms with van der Waals surface area (Å²) in [6, 6.07) is 11.2. The lowest BCUT2D eigenvalue weighted by Gasteiger charge is -2.14. The highest BCUT2D eigenvalue weighted by Crippen LogP contribution is 2.38. The summed E-state index contributed by atoms with van der Waals surface area (Å²) in [5.74, 6) is 0.226. The number of hydrogen-bond acceptors (Lipinski definition) is 7. The van der Waals surface area contributed by atoms with Crippen LogP contribution in [0, 0.1) is 10.5 Å². The minimum absolute atomic E-state index is 0.172. The Morgan fingerprint density at radius 1 is 1.23 bits per heavy atom. The zero-order valence-corrected chi connectivity index (χ0v) is 20.2. The molecule has 0 atom stereocenters. The van der Waals surface area contributed by atoms with Gasteiger partial charge in [0.15, 0.2) is 22.4 Å². The van der Waals surface area contributed by atoms with Crippen molar-refractivity contribution in [3.05, 3.63) is 56.0 Å². The van der Waals surface area contributed by atoms with Gasteiger partial charge in [-0.25, -0.2) is 4.79 Å². The normalized spacial score (nSPS) is 14.9. The molecule has 9 heteroatoms. The summed E-state index contributed by atoms with van der Waals surface area (Å²) in [4.78, 5) is 26.4. The minimum atomic E-state index is -0.489. The molecule has 1 heterocycles. The Morgan fingerprint density at radius 2 is 1.93 bits per heavy atom. The second kappa shape index (κ2) is 9.80. The van der Waals surface area contributed by atoms with Gasteiger partial charge in [0, 0.05) is 0 Å². The number of methoxy groups -OCH3 is 2. The molecule has 1 aliphatic rings. The van der Waals surface area contributed by atoms with Gasteiger partial charge in [0.2, 0.25) is 0 Å². The number of hydrogen-bond donors (Lipinski definition) is 0. The smallest absolute Gasteiger partial charge is 0.343 e. The maximum atomic E-state index is 13.0. The van der Waals surface area contributed by atoms with Gasteiger partial charge < -0.3 is 14.2 Å². The van der Waals surface area contributed by atoms with E-state index in [9.17, 15) is 9.59 Å². The van der Waals surface area contributed by atoms with Crippen LogP contribution in [-0.2, 0) is 14.3 Å². The Bertz CT molecular complexity index is 1040. The maximum Gasteiger partial charge on any atom is 0.343 e. The molecule has 0 bridgehead atoms. The fourth-order valence-electron chi connectivity index (χ4n) is 2.69. The van der Waals surface area contributed by atoms with E-state index < -0.39 is 5.97 Å². The van der Waals surface area contributed by atoms with Gasteiger partial charge in [-0.05, 0) is 65.4 Å². The number of thioether (sulfide) groups is 1. The summed E-state index contributed by atoms with van der Waals surface area (Å²) in [5, 5.41) is 0. The van der Waals surface area contributed by atoms with E-state index in [1.54, 1.807) is 12.1 Å². The lowest BCUT2D eigenvalue weighted by Crippen LogP contribution is -2.27. The molecule has 30 heavy (non-hydrogen) atoms. The van der Waals surface area contributed by atoms with Crippen LogP contribution >= 0.6 is 46.6 Å². The lowest BCUT2D eigenvalue weighted by molar-refractivity contribution is -0.142. The predicted octanol–water partition coefficient (Wildman–Crippen LogP) is 4.57. The summed E-state index contributed by atoms with van der Waals surface area (Å²) in [7, 11) is 2.81. The number of carbonyl (C=O) groups excluding carboxylic acids is 2. The standard InChI is InChI=1S/C21H18INO5S2/c1-12-4-6-14(7-5-12)23-20(25)17(30-21(23)29)10-13-8-15(22)19(16(9-13)26-2)28-11-18(24)27-3/h4-10H,11H2,1-3H3/b17-10+. The first kappa shape index (κ1) is 22.6. The number of anilines is 1. The molecule has 2 aromatic rings. The van der Waals surface area contributed by atoms with Gasteiger partial charge in [-0.15, -0.1) is 0 Å². The molecule has 6 nitrogen and oxygen atoms in total. The molecule has 2 aromatic carbocycles. The van der Waals surface area contributed by atoms with E-state index in [0.29, 0.717) is 20.7 Å². The number of nitrogens with zero attached hydrogens (tertiary/aromatic N) is 1. The van der Waals surface area contributed by atoms with E-state index in [-0.39, 0.29) is 12.5 Å². The Kier molecular flexibility index (Phi) is 7.37. The molecule has 0 spiro atoms. The van der Waals surface area contributed by atoms with E-state index in [0.717, 1.165) is 20.4 Å². The van der Waals surface area contributed by atoms with Crippen molar-refractivity contribution >= 4 is 74.5 Å². The van der Waals surface area contributed by atoms with Crippen LogP contribution < -0.4 is 14.4 Å². The van der Waals surface area contributed by atoms with Gasteiger partial charge in [-0.2, -0.15) is 0 Å². The SMILES string of the molecule is COC(=O)COc1c(I)cc(/C=C2/SC(=S)N(c3ccc(C)cc3)C2=O)cc1OC. The molecule has 1 saturated heterocycles. The Hall–Kier alpha value is -2.11. The first-order valence-electron chi connectivity index (χ1n) is 8.75. The van der Waals surface area contributed by atoms with Crippen molar-refractivity contribution < 1.29 is 23.8 Å². The molecule has 1 amide bonds. The number of benzene rings is 2. The van der Waals surface area contributed by atoms with Crippen molar-refractivity contribution in [3.63, 3.8) is 0 Å². The number of halogens is 1. The number of ether oxygens (including phenoxy) is 3. The first-order chi connectivity index (χ1) is 14.3. The van der Waals surface area contributed by atoms with Crippen LogP contribution in [0.3, 0.4) is 0 Å². The number of carbonyl (C=O) groups is 2. The molecular weight excluding hydrogens is 537 g/mol. The maximum absolute atomic E-state index is 13.0. The van der Waals surface area contributed by atoms with Crippen molar-refractivity contribution in [3.8, 4) is 11.5 Å². The average molecular weight is 555 g/mol. The summed E-state index contributed by atoms with van der Waals surface area (Å²) in [6.45, 7) is 1.76. The quantitative estimate of drug-likeness (QED) is 0.224. The van der Waals surface area contributed by atoms with Crippen molar-refractivity contribution in [1.82, 2.24) is 0 Å². The zero-order chi connectivity index (χ0) is 21.8. The number of esters is 1. The van der Waals surface area contributed by atoms with Crippen LogP contribution in [-0.4, -0.2) is 37.0 Å². The Balaban J connectivity index is 1.88. The molecule has 0 radical (unpaired) electrons. The van der Waals surface area contributed by atoms with Gasteiger partial charge in [0.1, 0.15) is 0 Å². The molecule has 3 rings (SSSR count). The van der Waals surface area contributed by atoms with Gasteiger partial charge in [0.25, 0.3) is 5.91 Å². The van der Waals surface area contributed by atoms with Gasteiger partial charge in [0.05, 0.1) is 28.4 Å². The number of aryl methyl sites for hydroxylation is 1. The van der Waals surface area contributed by atoms with E-state index >= 15 is 0 Å². The van der Waals surface area contributed by atoms with Gasteiger partial charge >= 0.3 is 5.97 Å². The zero-order valence-electron chi connectivity index (χ0n) is 16.4. The molecule has 0 saturated carbocycles. The largest absolute Gasteiger partial charge is 0.493 e. The van der Waals surface area contributed by atoms with Crippen LogP contribution in [0.4, 0.5) is 5.69 Å². The van der Waals surface area contributed by atoms with Crippen molar-refractivity contribution in [2.24, 2.45) is 0 Å². The van der Waals surface area contributed by atoms with Gasteiger partial charge in [-0.1, -0.05) is 41.7 Å². The third kappa shape index (κ3) is 4.96. The molecule has 0 unspecified atom stereocenters. The van der Waals surface area contributed by atoms with Crippen LogP contribution in [0.1, 0.15) is 11.1 Å². The van der Waals surface area contributed by atoms with Crippen LogP contribution in [0.5, 0.6) is 11.5 Å². The lowest BCUT2D eigenvalue weighted by atomic mass is 10.1. The molecule has 0 N–H and O–H groups in total. The highest BCUT2D eigenvalue weighted by Gasteiger charge is 2.33. The van der Waals surface area contributed by atoms with Gasteiger partial charge in [-0.3, -0.25) is 9.69 Å². The van der Waals surface area contributed by atoms with E-state index in [4.69, 9.17) is 21.7 Å². The fourth-order valence-corrected chi connectivity index (χ4v) is 4.77. The highest BCUT2D eigenvalue weighted by atomic mass is 127. The summed E-state index contributed by atoms with van der Waals surface area (Å²) in [6.07, 6.45) is 1.77. The third-order valence-electron chi connectivity index (χ3n) is 4.20. The van der Waals surface area contributed by atoms with Crippen LogP contribution in [0.15, 0.2) is 41.3 Å². The van der Waals surface area contributed by atoms with Crippen molar-refractivity contribution in [1.29, 1.82) is 0 Å². The summed E-state index contributed by atoms with van der Waals surface area (Å²) in [5.41, 5.74) is 2.60. The van der Waals surface area contributed by atoms with Crippen molar-refractivity contribution in [2.45, 2.75) is 6.92 Å². The number of amides is 1. The molecule has 1 aliphatic heterocycles. The second-order valence-corrected chi connectivity index (χ2v) is 9.09. The Morgan fingerprint density at radius 3 is 2.57 bits per heavy atom. The topological polar surface area (TPSA) is 65.1 Å². The minimum Gasteiger partial charge on any atom is -0.493 e. The van der Waals surface area contributed by atoms with Crippen LogP contribution in [0.25, 0.3) is 6.08 Å². The summed E-state index contributed by atoms with van der Waals surface area (Å²) >= 11 is 8.77. The Labute approximate surface area is 197 Å². The molecule has 0 aromatic heterocycles. The van der Waals surface area contributed by atoms with E-state index in [1.165, 1.54) is 30.9 Å². The predicted molar refractivity (Wildman–Crippen MR) is 130 cm³/mol. The second-order valence-electron chi connectivity index (χ2n) is 6.25. The third-order valence-corrected chi connectivity index (χ3v) is 6.30. The summed E-state index contributed by atoms with van der Waals surface area (Å²) < 4.78 is 16.8. The fraction of sp³-hybridized carbons (Fsp3) is 0.190. The molecular formula is C21H18INO5S2. The number of thiocarbonyl (C=S) groups is 1. The van der Waals surface area contributed by atoms with Crippen LogP contribution in [0.2, 0.25) is 0 Å². The van der Waals surface area contributed by atoms with E-state index in [2.05, 4.69) is 27.3 Å². The molecule has 156 valence electrons. The van der Waals surface area contributed by atoms with Crippen molar-refractivity contribution in [2.75, 3.05) is 25.7 Å². The first-order valence-corrected chi connectivity index (χ1v) is 11.1. The average Bonchev–Trinajstić information content (AvgIpc) is 3.00. The van der Waals surface area contributed by atoms with E-state index in [1.807, 2.05) is 37.3 Å². The molecule has 0 aliphatic carbocycles. The molecule has 1 fully saturated rings. The number of rotatable bonds is 6. The highest BCUT2D eigenvalue weighted by molar-refractivity contribution is 14.1. The monoisotopic (exact) mass is 555 g/mol.